The van der Waals surface area contributed by atoms with E-state index in [0.29, 0.717) is 22.4 Å². The number of nitrogens with one attached hydrogen (secondary N) is 1. The molecule has 1 N–H and O–H groups in total. The first-order valence-corrected chi connectivity index (χ1v) is 8.04. The molecule has 128 valence electrons. The molecule has 0 bridgehead atoms. The summed E-state index contributed by atoms with van der Waals surface area (Å²) in [4.78, 5) is 29.6. The van der Waals surface area contributed by atoms with E-state index in [9.17, 15) is 9.59 Å². The van der Waals surface area contributed by atoms with E-state index < -0.39 is 0 Å². The number of hydrogen-bond donors (Lipinski definition) is 1. The van der Waals surface area contributed by atoms with Gasteiger partial charge in [-0.3, -0.25) is 15.0 Å². The van der Waals surface area contributed by atoms with Gasteiger partial charge in [0.1, 0.15) is 11.2 Å². The third-order valence-corrected chi connectivity index (χ3v) is 4.02. The summed E-state index contributed by atoms with van der Waals surface area (Å²) in [5.41, 5.74) is 3.94. The van der Waals surface area contributed by atoms with Crippen LogP contribution in [0.25, 0.3) is 16.7 Å². The van der Waals surface area contributed by atoms with Crippen LogP contribution in [0.15, 0.2) is 71.7 Å². The Morgan fingerprint density at radius 3 is 2.35 bits per heavy atom. The van der Waals surface area contributed by atoms with E-state index in [1.807, 2.05) is 36.4 Å². The molecule has 0 fully saturated rings. The second-order valence-electron chi connectivity index (χ2n) is 5.74. The molecule has 2 aromatic carbocycles. The minimum atomic E-state index is -0.382. The normalized spacial score (nSPS) is 10.8. The molecule has 1 amide bonds. The molecule has 2 aromatic heterocycles. The molecule has 0 aliphatic rings. The summed E-state index contributed by atoms with van der Waals surface area (Å²) in [6.07, 6.45) is 1.46. The Balaban J connectivity index is 1.79. The number of carbonyl (C=O) groups is 1. The number of rotatable bonds is 3. The van der Waals surface area contributed by atoms with Gasteiger partial charge in [-0.15, -0.1) is 0 Å². The molecule has 0 saturated heterocycles. The van der Waals surface area contributed by atoms with Crippen LogP contribution in [-0.2, 0) is 0 Å². The maximum Gasteiger partial charge on any atom is 0.283 e. The van der Waals surface area contributed by atoms with Gasteiger partial charge in [0.25, 0.3) is 11.5 Å². The van der Waals surface area contributed by atoms with Crippen LogP contribution in [0.4, 0.5) is 0 Å². The van der Waals surface area contributed by atoms with Gasteiger partial charge in [-0.25, -0.2) is 14.3 Å². The Morgan fingerprint density at radius 1 is 1.00 bits per heavy atom. The molecule has 7 nitrogen and oxygen atoms in total. The fourth-order valence-corrected chi connectivity index (χ4v) is 2.72. The molecule has 0 radical (unpaired) electrons. The Labute approximate surface area is 148 Å². The van der Waals surface area contributed by atoms with Crippen molar-refractivity contribution in [3.63, 3.8) is 0 Å². The number of fused-ring (bicyclic) bond motifs is 1. The smallest absolute Gasteiger partial charge is 0.267 e. The van der Waals surface area contributed by atoms with Crippen LogP contribution in [0.3, 0.4) is 0 Å². The van der Waals surface area contributed by atoms with Gasteiger partial charge in [-0.2, -0.15) is 5.10 Å². The average Bonchev–Trinajstić information content (AvgIpc) is 3.10. The molecule has 0 unspecified atom stereocenters. The summed E-state index contributed by atoms with van der Waals surface area (Å²) >= 11 is 0. The zero-order valence-corrected chi connectivity index (χ0v) is 14.0. The van der Waals surface area contributed by atoms with Crippen molar-refractivity contribution in [1.82, 2.24) is 19.4 Å². The molecule has 0 atom stereocenters. The maximum atomic E-state index is 12.8. The lowest BCUT2D eigenvalue weighted by Crippen LogP contribution is -2.35. The highest BCUT2D eigenvalue weighted by Gasteiger charge is 2.16. The highest BCUT2D eigenvalue weighted by molar-refractivity contribution is 6.00. The zero-order valence-electron chi connectivity index (χ0n) is 14.0. The van der Waals surface area contributed by atoms with Crippen LogP contribution in [0, 0.1) is 6.92 Å². The first-order valence-electron chi connectivity index (χ1n) is 8.04. The predicted molar refractivity (Wildman–Crippen MR) is 98.0 cm³/mol. The highest BCUT2D eigenvalue weighted by Crippen LogP contribution is 2.14. The maximum absolute atomic E-state index is 12.8. The Kier molecular flexibility index (Phi) is 3.81. The van der Waals surface area contributed by atoms with Crippen molar-refractivity contribution in [3.05, 3.63) is 88.6 Å². The number of nitrogens with zero attached hydrogens (tertiary/aromatic N) is 4. The average molecular weight is 345 g/mol. The summed E-state index contributed by atoms with van der Waals surface area (Å²) < 4.78 is 2.75. The lowest BCUT2D eigenvalue weighted by atomic mass is 10.2. The molecule has 0 aliphatic carbocycles. The van der Waals surface area contributed by atoms with Crippen LogP contribution < -0.4 is 11.0 Å². The van der Waals surface area contributed by atoms with E-state index in [-0.39, 0.29) is 11.5 Å². The number of aryl methyl sites for hydroxylation is 1. The summed E-state index contributed by atoms with van der Waals surface area (Å²) in [7, 11) is 0. The Hall–Kier alpha value is -3.74. The van der Waals surface area contributed by atoms with Gasteiger partial charge in [-0.05, 0) is 31.2 Å². The summed E-state index contributed by atoms with van der Waals surface area (Å²) in [5, 5.41) is 4.60. The van der Waals surface area contributed by atoms with Crippen LogP contribution in [0.1, 0.15) is 16.2 Å². The first-order chi connectivity index (χ1) is 12.6. The van der Waals surface area contributed by atoms with E-state index in [1.165, 1.54) is 6.20 Å². The van der Waals surface area contributed by atoms with Crippen molar-refractivity contribution < 1.29 is 4.79 Å². The van der Waals surface area contributed by atoms with Crippen molar-refractivity contribution in [1.29, 1.82) is 0 Å². The number of carbonyl (C=O) groups excluding carboxylic acids is 1. The Morgan fingerprint density at radius 2 is 1.65 bits per heavy atom. The van der Waals surface area contributed by atoms with Gasteiger partial charge in [0.15, 0.2) is 5.65 Å². The third kappa shape index (κ3) is 2.65. The van der Waals surface area contributed by atoms with Crippen LogP contribution in [-0.4, -0.2) is 25.3 Å². The number of amides is 1. The Bertz CT molecular complexity index is 1150. The second kappa shape index (κ2) is 6.29. The van der Waals surface area contributed by atoms with Crippen molar-refractivity contribution >= 4 is 16.9 Å². The van der Waals surface area contributed by atoms with E-state index in [1.54, 1.807) is 35.9 Å². The van der Waals surface area contributed by atoms with Gasteiger partial charge >= 0.3 is 0 Å². The lowest BCUT2D eigenvalue weighted by molar-refractivity contribution is 0.101. The largest absolute Gasteiger partial charge is 0.283 e. The summed E-state index contributed by atoms with van der Waals surface area (Å²) in [6, 6.07) is 18.1. The number of hydrogen-bond acceptors (Lipinski definition) is 4. The summed E-state index contributed by atoms with van der Waals surface area (Å²) in [6.45, 7) is 1.66. The number of benzene rings is 2. The predicted octanol–water partition coefficient (Wildman–Crippen LogP) is 2.27. The summed E-state index contributed by atoms with van der Waals surface area (Å²) in [5.74, 6) is -0.0168. The van der Waals surface area contributed by atoms with Crippen molar-refractivity contribution in [2.45, 2.75) is 6.92 Å². The highest BCUT2D eigenvalue weighted by atomic mass is 16.2. The lowest BCUT2D eigenvalue weighted by Gasteiger charge is -2.11. The second-order valence-corrected chi connectivity index (χ2v) is 5.74. The number of para-hydroxylation sites is 1. The molecule has 0 saturated carbocycles. The first kappa shape index (κ1) is 15.8. The van der Waals surface area contributed by atoms with Crippen LogP contribution >= 0.6 is 0 Å². The quantitative estimate of drug-likeness (QED) is 0.617. The van der Waals surface area contributed by atoms with Crippen molar-refractivity contribution in [3.8, 4) is 5.69 Å². The molecule has 26 heavy (non-hydrogen) atoms. The van der Waals surface area contributed by atoms with Gasteiger partial charge in [0.05, 0.1) is 11.9 Å². The molecule has 4 aromatic rings. The minimum absolute atomic E-state index is 0.327. The van der Waals surface area contributed by atoms with Crippen molar-refractivity contribution in [2.75, 3.05) is 5.43 Å². The standard InChI is InChI=1S/C19H15N5O2/c1-13-21-17-16(12-20-24(17)15-10-6-3-7-11-15)19(26)23(13)22-18(25)14-8-4-2-5-9-14/h2-12H,1H3,(H,22,25). The van der Waals surface area contributed by atoms with Crippen molar-refractivity contribution in [2.24, 2.45) is 0 Å². The molecule has 0 aliphatic heterocycles. The van der Waals surface area contributed by atoms with E-state index >= 15 is 0 Å². The molecular formula is C19H15N5O2. The fraction of sp³-hybridized carbons (Fsp3) is 0.0526. The van der Waals surface area contributed by atoms with Gasteiger partial charge < -0.3 is 0 Å². The molecular weight excluding hydrogens is 330 g/mol. The third-order valence-electron chi connectivity index (χ3n) is 4.02. The zero-order chi connectivity index (χ0) is 18.1. The monoisotopic (exact) mass is 345 g/mol. The van der Waals surface area contributed by atoms with Gasteiger partial charge in [0, 0.05) is 5.56 Å². The number of aromatic nitrogens is 4. The van der Waals surface area contributed by atoms with Crippen LogP contribution in [0.5, 0.6) is 0 Å². The van der Waals surface area contributed by atoms with Crippen LogP contribution in [0.2, 0.25) is 0 Å². The van der Waals surface area contributed by atoms with E-state index in [2.05, 4.69) is 15.5 Å². The topological polar surface area (TPSA) is 81.8 Å². The van der Waals surface area contributed by atoms with E-state index in [4.69, 9.17) is 0 Å². The SMILES string of the molecule is Cc1nc2c(cnn2-c2ccccc2)c(=O)n1NC(=O)c1ccccc1. The fourth-order valence-electron chi connectivity index (χ4n) is 2.72. The van der Waals surface area contributed by atoms with E-state index in [0.717, 1.165) is 10.4 Å². The molecule has 0 spiro atoms. The minimum Gasteiger partial charge on any atom is -0.267 e. The molecule has 4 rings (SSSR count). The molecule has 2 heterocycles. The molecule has 7 heteroatoms. The van der Waals surface area contributed by atoms with Gasteiger partial charge in [0.2, 0.25) is 0 Å². The van der Waals surface area contributed by atoms with Gasteiger partial charge in [-0.1, -0.05) is 36.4 Å².